The molecular weight excluding hydrogens is 158 g/mol. The monoisotopic (exact) mass is 183 g/mol. The van der Waals surface area contributed by atoms with Crippen molar-refractivity contribution in [2.45, 2.75) is 70.8 Å². The molecule has 1 aliphatic heterocycles. The largest absolute Gasteiger partial charge is 0.312 e. The minimum Gasteiger partial charge on any atom is -0.312 e. The molecule has 0 aromatic rings. The van der Waals surface area contributed by atoms with Crippen LogP contribution in [0.1, 0.15) is 65.2 Å². The quantitative estimate of drug-likeness (QED) is 0.622. The molecule has 0 aromatic carbocycles. The van der Waals surface area contributed by atoms with Gasteiger partial charge in [0.15, 0.2) is 0 Å². The molecule has 0 saturated carbocycles. The van der Waals surface area contributed by atoms with Gasteiger partial charge in [-0.05, 0) is 32.7 Å². The summed E-state index contributed by atoms with van der Waals surface area (Å²) < 4.78 is 0. The van der Waals surface area contributed by atoms with Crippen molar-refractivity contribution in [1.82, 2.24) is 5.32 Å². The Balaban J connectivity index is 1.98. The van der Waals surface area contributed by atoms with E-state index in [9.17, 15) is 0 Å². The fourth-order valence-electron chi connectivity index (χ4n) is 2.29. The van der Waals surface area contributed by atoms with E-state index >= 15 is 0 Å². The molecule has 0 bridgehead atoms. The Morgan fingerprint density at radius 2 is 1.92 bits per heavy atom. The van der Waals surface area contributed by atoms with Crippen LogP contribution in [0, 0.1) is 0 Å². The van der Waals surface area contributed by atoms with Gasteiger partial charge in [0, 0.05) is 5.54 Å². The summed E-state index contributed by atoms with van der Waals surface area (Å²) in [4.78, 5) is 0. The lowest BCUT2D eigenvalue weighted by Gasteiger charge is -2.24. The highest BCUT2D eigenvalue weighted by atomic mass is 15.0. The maximum Gasteiger partial charge on any atom is 0.0153 e. The minimum atomic E-state index is 0.492. The molecule has 1 heterocycles. The van der Waals surface area contributed by atoms with Crippen LogP contribution >= 0.6 is 0 Å². The molecular formula is C12H25N. The standard InChI is InChI=1S/C12H25N/c1-3-4-5-6-7-9-12(2)10-8-11-13-12/h13H,3-11H2,1-2H3. The van der Waals surface area contributed by atoms with E-state index in [0.717, 1.165) is 0 Å². The second kappa shape index (κ2) is 5.64. The molecule has 0 amide bonds. The smallest absolute Gasteiger partial charge is 0.0153 e. The second-order valence-corrected chi connectivity index (χ2v) is 4.76. The third kappa shape index (κ3) is 4.12. The molecule has 1 nitrogen and oxygen atoms in total. The van der Waals surface area contributed by atoms with Crippen molar-refractivity contribution in [2.24, 2.45) is 0 Å². The van der Waals surface area contributed by atoms with E-state index in [0.29, 0.717) is 5.54 Å². The van der Waals surface area contributed by atoms with E-state index in [1.165, 1.54) is 57.9 Å². The summed E-state index contributed by atoms with van der Waals surface area (Å²) in [6.45, 7) is 5.91. The number of hydrogen-bond donors (Lipinski definition) is 1. The molecule has 0 spiro atoms. The van der Waals surface area contributed by atoms with Gasteiger partial charge in [0.05, 0.1) is 0 Å². The first-order chi connectivity index (χ1) is 6.27. The number of unbranched alkanes of at least 4 members (excludes halogenated alkanes) is 4. The van der Waals surface area contributed by atoms with Crippen molar-refractivity contribution < 1.29 is 0 Å². The molecule has 0 aliphatic carbocycles. The van der Waals surface area contributed by atoms with Crippen molar-refractivity contribution >= 4 is 0 Å². The van der Waals surface area contributed by atoms with Crippen LogP contribution in [-0.2, 0) is 0 Å². The van der Waals surface area contributed by atoms with Gasteiger partial charge in [-0.15, -0.1) is 0 Å². The van der Waals surface area contributed by atoms with Gasteiger partial charge in [0.25, 0.3) is 0 Å². The van der Waals surface area contributed by atoms with Gasteiger partial charge in [0.1, 0.15) is 0 Å². The highest BCUT2D eigenvalue weighted by Crippen LogP contribution is 2.24. The zero-order valence-electron chi connectivity index (χ0n) is 9.36. The van der Waals surface area contributed by atoms with Crippen LogP contribution in [0.3, 0.4) is 0 Å². The first kappa shape index (κ1) is 11.0. The normalized spacial score (nSPS) is 28.2. The molecule has 1 fully saturated rings. The third-order valence-electron chi connectivity index (χ3n) is 3.29. The van der Waals surface area contributed by atoms with Crippen molar-refractivity contribution in [3.8, 4) is 0 Å². The lowest BCUT2D eigenvalue weighted by Crippen LogP contribution is -2.35. The molecule has 13 heavy (non-hydrogen) atoms. The lowest BCUT2D eigenvalue weighted by molar-refractivity contribution is 0.365. The first-order valence-corrected chi connectivity index (χ1v) is 6.02. The van der Waals surface area contributed by atoms with Crippen LogP contribution < -0.4 is 5.32 Å². The van der Waals surface area contributed by atoms with Gasteiger partial charge in [-0.2, -0.15) is 0 Å². The summed E-state index contributed by atoms with van der Waals surface area (Å²) in [5.41, 5.74) is 0.492. The number of nitrogens with one attached hydrogen (secondary N) is 1. The van der Waals surface area contributed by atoms with Crippen LogP contribution in [0.2, 0.25) is 0 Å². The van der Waals surface area contributed by atoms with Crippen LogP contribution in [0.15, 0.2) is 0 Å². The Kier molecular flexibility index (Phi) is 4.79. The van der Waals surface area contributed by atoms with Gasteiger partial charge in [0.2, 0.25) is 0 Å². The number of hydrogen-bond acceptors (Lipinski definition) is 1. The van der Waals surface area contributed by atoms with Crippen LogP contribution in [0.4, 0.5) is 0 Å². The Morgan fingerprint density at radius 3 is 2.54 bits per heavy atom. The molecule has 1 rings (SSSR count). The topological polar surface area (TPSA) is 12.0 Å². The van der Waals surface area contributed by atoms with Gasteiger partial charge < -0.3 is 5.32 Å². The van der Waals surface area contributed by atoms with E-state index in [2.05, 4.69) is 19.2 Å². The summed E-state index contributed by atoms with van der Waals surface area (Å²) in [6.07, 6.45) is 11.2. The third-order valence-corrected chi connectivity index (χ3v) is 3.29. The van der Waals surface area contributed by atoms with E-state index in [-0.39, 0.29) is 0 Å². The predicted molar refractivity (Wildman–Crippen MR) is 59.0 cm³/mol. The Hall–Kier alpha value is -0.0400. The van der Waals surface area contributed by atoms with Gasteiger partial charge in [-0.1, -0.05) is 39.0 Å². The molecule has 78 valence electrons. The second-order valence-electron chi connectivity index (χ2n) is 4.76. The van der Waals surface area contributed by atoms with E-state index in [4.69, 9.17) is 0 Å². The molecule has 1 N–H and O–H groups in total. The van der Waals surface area contributed by atoms with Crippen LogP contribution in [0.25, 0.3) is 0 Å². The zero-order valence-corrected chi connectivity index (χ0v) is 9.36. The zero-order chi connectivity index (χ0) is 9.57. The van der Waals surface area contributed by atoms with Crippen LogP contribution in [-0.4, -0.2) is 12.1 Å². The molecule has 1 heteroatoms. The molecule has 1 atom stereocenters. The molecule has 1 unspecified atom stereocenters. The van der Waals surface area contributed by atoms with Gasteiger partial charge in [-0.3, -0.25) is 0 Å². The van der Waals surface area contributed by atoms with Crippen molar-refractivity contribution in [1.29, 1.82) is 0 Å². The Labute approximate surface area is 83.3 Å². The molecule has 0 radical (unpaired) electrons. The highest BCUT2D eigenvalue weighted by Gasteiger charge is 2.26. The summed E-state index contributed by atoms with van der Waals surface area (Å²) in [5.74, 6) is 0. The average Bonchev–Trinajstić information content (AvgIpc) is 2.53. The van der Waals surface area contributed by atoms with Gasteiger partial charge in [-0.25, -0.2) is 0 Å². The Morgan fingerprint density at radius 1 is 1.15 bits per heavy atom. The molecule has 1 saturated heterocycles. The first-order valence-electron chi connectivity index (χ1n) is 6.02. The summed E-state index contributed by atoms with van der Waals surface area (Å²) in [5, 5.41) is 3.62. The maximum absolute atomic E-state index is 3.62. The van der Waals surface area contributed by atoms with E-state index < -0.39 is 0 Å². The van der Waals surface area contributed by atoms with Crippen LogP contribution in [0.5, 0.6) is 0 Å². The maximum atomic E-state index is 3.62. The predicted octanol–water partition coefficient (Wildman–Crippen LogP) is 3.49. The van der Waals surface area contributed by atoms with Gasteiger partial charge >= 0.3 is 0 Å². The summed E-state index contributed by atoms with van der Waals surface area (Å²) >= 11 is 0. The SMILES string of the molecule is CCCCCCCC1(C)CCCN1. The van der Waals surface area contributed by atoms with E-state index in [1.54, 1.807) is 0 Å². The fourth-order valence-corrected chi connectivity index (χ4v) is 2.29. The van der Waals surface area contributed by atoms with E-state index in [1.807, 2.05) is 0 Å². The summed E-state index contributed by atoms with van der Waals surface area (Å²) in [7, 11) is 0. The lowest BCUT2D eigenvalue weighted by atomic mass is 9.92. The van der Waals surface area contributed by atoms with Crippen molar-refractivity contribution in [2.75, 3.05) is 6.54 Å². The highest BCUT2D eigenvalue weighted by molar-refractivity contribution is 4.87. The molecule has 0 aromatic heterocycles. The summed E-state index contributed by atoms with van der Waals surface area (Å²) in [6, 6.07) is 0. The Bertz CT molecular complexity index is 125. The minimum absolute atomic E-state index is 0.492. The fraction of sp³-hybridized carbons (Fsp3) is 1.00. The average molecular weight is 183 g/mol. The van der Waals surface area contributed by atoms with Crippen molar-refractivity contribution in [3.05, 3.63) is 0 Å². The molecule has 1 aliphatic rings. The number of rotatable bonds is 6. The van der Waals surface area contributed by atoms with Crippen molar-refractivity contribution in [3.63, 3.8) is 0 Å².